The van der Waals surface area contributed by atoms with E-state index in [-0.39, 0.29) is 0 Å². The van der Waals surface area contributed by atoms with Gasteiger partial charge in [0.25, 0.3) is 0 Å². The van der Waals surface area contributed by atoms with Crippen LogP contribution in [0.25, 0.3) is 0 Å². The number of nitriles is 1. The SMILES string of the molecule is C=CC(C)Cc1ccc(C#N)c(Cl)c1. The van der Waals surface area contributed by atoms with Gasteiger partial charge in [-0.1, -0.05) is 30.7 Å². The van der Waals surface area contributed by atoms with Gasteiger partial charge in [0.15, 0.2) is 0 Å². The highest BCUT2D eigenvalue weighted by Gasteiger charge is 2.03. The molecule has 2 heteroatoms. The minimum atomic E-state index is 0.430. The van der Waals surface area contributed by atoms with Gasteiger partial charge in [0.2, 0.25) is 0 Å². The molecule has 72 valence electrons. The van der Waals surface area contributed by atoms with Crippen molar-refractivity contribution in [3.8, 4) is 6.07 Å². The van der Waals surface area contributed by atoms with Gasteiger partial charge in [0.05, 0.1) is 10.6 Å². The van der Waals surface area contributed by atoms with Crippen LogP contribution in [0.1, 0.15) is 18.1 Å². The standard InChI is InChI=1S/C12H12ClN/c1-3-9(2)6-10-4-5-11(8-14)12(13)7-10/h3-5,7,9H,1,6H2,2H3. The quantitative estimate of drug-likeness (QED) is 0.692. The lowest BCUT2D eigenvalue weighted by atomic mass is 10.0. The zero-order valence-electron chi connectivity index (χ0n) is 8.13. The predicted molar refractivity (Wildman–Crippen MR) is 59.2 cm³/mol. The minimum Gasteiger partial charge on any atom is -0.192 e. The van der Waals surface area contributed by atoms with Crippen molar-refractivity contribution in [2.24, 2.45) is 5.92 Å². The van der Waals surface area contributed by atoms with E-state index < -0.39 is 0 Å². The summed E-state index contributed by atoms with van der Waals surface area (Å²) in [6.45, 7) is 5.82. The fourth-order valence-corrected chi connectivity index (χ4v) is 1.48. The molecule has 0 aromatic heterocycles. The number of allylic oxidation sites excluding steroid dienone is 1. The smallest absolute Gasteiger partial charge is 0.101 e. The van der Waals surface area contributed by atoms with E-state index in [0.717, 1.165) is 12.0 Å². The van der Waals surface area contributed by atoms with Crippen LogP contribution in [0.5, 0.6) is 0 Å². The van der Waals surface area contributed by atoms with Crippen LogP contribution < -0.4 is 0 Å². The van der Waals surface area contributed by atoms with Gasteiger partial charge < -0.3 is 0 Å². The molecule has 0 aliphatic heterocycles. The molecule has 0 N–H and O–H groups in total. The van der Waals surface area contributed by atoms with Crippen molar-refractivity contribution in [3.63, 3.8) is 0 Å². The van der Waals surface area contributed by atoms with Crippen molar-refractivity contribution < 1.29 is 0 Å². The molecule has 0 aliphatic rings. The van der Waals surface area contributed by atoms with Crippen LogP contribution in [0.2, 0.25) is 5.02 Å². The lowest BCUT2D eigenvalue weighted by Crippen LogP contribution is -1.95. The summed E-state index contributed by atoms with van der Waals surface area (Å²) in [6.07, 6.45) is 2.82. The molecule has 0 bridgehead atoms. The van der Waals surface area contributed by atoms with Crippen molar-refractivity contribution in [2.75, 3.05) is 0 Å². The van der Waals surface area contributed by atoms with Crippen molar-refractivity contribution in [2.45, 2.75) is 13.3 Å². The summed E-state index contributed by atoms with van der Waals surface area (Å²) < 4.78 is 0. The van der Waals surface area contributed by atoms with Gasteiger partial charge in [-0.15, -0.1) is 6.58 Å². The first kappa shape index (κ1) is 10.8. The number of nitrogens with zero attached hydrogens (tertiary/aromatic N) is 1. The Morgan fingerprint density at radius 1 is 1.64 bits per heavy atom. The van der Waals surface area contributed by atoms with Gasteiger partial charge in [-0.25, -0.2) is 0 Å². The highest BCUT2D eigenvalue weighted by atomic mass is 35.5. The number of hydrogen-bond donors (Lipinski definition) is 0. The third-order valence-corrected chi connectivity index (χ3v) is 2.43. The average Bonchev–Trinajstić information content (AvgIpc) is 2.18. The summed E-state index contributed by atoms with van der Waals surface area (Å²) in [5, 5.41) is 9.22. The Morgan fingerprint density at radius 3 is 2.86 bits per heavy atom. The maximum absolute atomic E-state index is 8.69. The van der Waals surface area contributed by atoms with Gasteiger partial charge in [-0.2, -0.15) is 5.26 Å². The minimum absolute atomic E-state index is 0.430. The molecular weight excluding hydrogens is 194 g/mol. The van der Waals surface area contributed by atoms with Gasteiger partial charge in [-0.3, -0.25) is 0 Å². The van der Waals surface area contributed by atoms with E-state index >= 15 is 0 Å². The summed E-state index contributed by atoms with van der Waals surface area (Å²) in [7, 11) is 0. The summed E-state index contributed by atoms with van der Waals surface area (Å²) in [5.74, 6) is 0.430. The van der Waals surface area contributed by atoms with Crippen molar-refractivity contribution in [3.05, 3.63) is 47.0 Å². The topological polar surface area (TPSA) is 23.8 Å². The molecule has 1 atom stereocenters. The first-order chi connectivity index (χ1) is 6.67. The maximum atomic E-state index is 8.69. The van der Waals surface area contributed by atoms with Crippen LogP contribution in [0.4, 0.5) is 0 Å². The van der Waals surface area contributed by atoms with Crippen molar-refractivity contribution in [1.29, 1.82) is 5.26 Å². The Kier molecular flexibility index (Phi) is 3.73. The predicted octanol–water partition coefficient (Wildman–Crippen LogP) is 3.58. The van der Waals surface area contributed by atoms with E-state index in [1.54, 1.807) is 6.07 Å². The Hall–Kier alpha value is -1.26. The van der Waals surface area contributed by atoms with E-state index in [2.05, 4.69) is 13.5 Å². The van der Waals surface area contributed by atoms with Crippen molar-refractivity contribution >= 4 is 11.6 Å². The van der Waals surface area contributed by atoms with Gasteiger partial charge in [0.1, 0.15) is 6.07 Å². The fraction of sp³-hybridized carbons (Fsp3) is 0.250. The van der Waals surface area contributed by atoms with E-state index in [4.69, 9.17) is 16.9 Å². The fourth-order valence-electron chi connectivity index (χ4n) is 1.23. The third-order valence-electron chi connectivity index (χ3n) is 2.11. The Bertz CT molecular complexity index is 376. The molecule has 1 nitrogen and oxygen atoms in total. The molecule has 0 spiro atoms. The molecule has 0 heterocycles. The normalized spacial score (nSPS) is 11.8. The highest BCUT2D eigenvalue weighted by Crippen LogP contribution is 2.19. The van der Waals surface area contributed by atoms with Crippen molar-refractivity contribution in [1.82, 2.24) is 0 Å². The Labute approximate surface area is 89.6 Å². The van der Waals surface area contributed by atoms with E-state index in [1.165, 1.54) is 0 Å². The monoisotopic (exact) mass is 205 g/mol. The second-order valence-electron chi connectivity index (χ2n) is 3.34. The number of halogens is 1. The molecule has 0 radical (unpaired) electrons. The van der Waals surface area contributed by atoms with Gasteiger partial charge in [0, 0.05) is 0 Å². The molecule has 0 saturated carbocycles. The molecule has 0 amide bonds. The lowest BCUT2D eigenvalue weighted by molar-refractivity contribution is 0.725. The summed E-state index contributed by atoms with van der Waals surface area (Å²) in [6, 6.07) is 7.58. The molecule has 1 aromatic rings. The molecule has 1 aromatic carbocycles. The molecule has 0 saturated heterocycles. The zero-order chi connectivity index (χ0) is 10.6. The number of hydrogen-bond acceptors (Lipinski definition) is 1. The summed E-state index contributed by atoms with van der Waals surface area (Å²) >= 11 is 5.91. The molecule has 14 heavy (non-hydrogen) atoms. The molecule has 1 rings (SSSR count). The van der Waals surface area contributed by atoms with Crippen LogP contribution in [0.15, 0.2) is 30.9 Å². The molecule has 0 aliphatic carbocycles. The second kappa shape index (κ2) is 4.83. The van der Waals surface area contributed by atoms with Crippen LogP contribution >= 0.6 is 11.6 Å². The Balaban J connectivity index is 2.87. The molecule has 0 fully saturated rings. The first-order valence-electron chi connectivity index (χ1n) is 4.48. The summed E-state index contributed by atoms with van der Waals surface area (Å²) in [4.78, 5) is 0. The molecular formula is C12H12ClN. The first-order valence-corrected chi connectivity index (χ1v) is 4.86. The molecule has 1 unspecified atom stereocenters. The zero-order valence-corrected chi connectivity index (χ0v) is 8.88. The maximum Gasteiger partial charge on any atom is 0.101 e. The largest absolute Gasteiger partial charge is 0.192 e. The van der Waals surface area contributed by atoms with E-state index in [1.807, 2.05) is 24.3 Å². The second-order valence-corrected chi connectivity index (χ2v) is 3.75. The van der Waals surface area contributed by atoms with Gasteiger partial charge in [-0.05, 0) is 30.0 Å². The van der Waals surface area contributed by atoms with Gasteiger partial charge >= 0.3 is 0 Å². The van der Waals surface area contributed by atoms with Crippen LogP contribution in [-0.2, 0) is 6.42 Å². The highest BCUT2D eigenvalue weighted by molar-refractivity contribution is 6.31. The van der Waals surface area contributed by atoms with E-state index in [0.29, 0.717) is 16.5 Å². The van der Waals surface area contributed by atoms with Crippen LogP contribution in [0, 0.1) is 17.2 Å². The summed E-state index contributed by atoms with van der Waals surface area (Å²) in [5.41, 5.74) is 1.67. The lowest BCUT2D eigenvalue weighted by Gasteiger charge is -2.06. The number of benzene rings is 1. The van der Waals surface area contributed by atoms with E-state index in [9.17, 15) is 0 Å². The Morgan fingerprint density at radius 2 is 2.36 bits per heavy atom. The third kappa shape index (κ3) is 2.61. The van der Waals surface area contributed by atoms with Crippen LogP contribution in [-0.4, -0.2) is 0 Å². The number of rotatable bonds is 3. The van der Waals surface area contributed by atoms with Crippen LogP contribution in [0.3, 0.4) is 0 Å². The average molecular weight is 206 g/mol.